The van der Waals surface area contributed by atoms with Gasteiger partial charge in [-0.2, -0.15) is 5.26 Å². The summed E-state index contributed by atoms with van der Waals surface area (Å²) in [6, 6.07) is 2.65. The highest BCUT2D eigenvalue weighted by Crippen LogP contribution is 2.66. The predicted octanol–water partition coefficient (Wildman–Crippen LogP) is 5.08. The van der Waals surface area contributed by atoms with Crippen LogP contribution in [-0.4, -0.2) is 20.0 Å². The van der Waals surface area contributed by atoms with E-state index in [9.17, 15) is 5.26 Å². The topological polar surface area (TPSA) is 42.2 Å². The van der Waals surface area contributed by atoms with Gasteiger partial charge in [-0.1, -0.05) is 25.5 Å². The minimum atomic E-state index is 0.274. The van der Waals surface area contributed by atoms with E-state index in [1.54, 1.807) is 12.7 Å². The summed E-state index contributed by atoms with van der Waals surface area (Å²) < 4.78 is 11.0. The molecule has 3 nitrogen and oxygen atoms in total. The van der Waals surface area contributed by atoms with Crippen molar-refractivity contribution in [1.29, 1.82) is 5.26 Å². The van der Waals surface area contributed by atoms with E-state index in [0.717, 1.165) is 37.0 Å². The Labute approximate surface area is 152 Å². The summed E-state index contributed by atoms with van der Waals surface area (Å²) in [4.78, 5) is 0. The summed E-state index contributed by atoms with van der Waals surface area (Å²) in [5.74, 6) is 2.65. The lowest BCUT2D eigenvalue weighted by molar-refractivity contribution is -0.0964. The number of methoxy groups -OCH3 is 1. The minimum absolute atomic E-state index is 0.274. The molecule has 0 aromatic heterocycles. The Balaban J connectivity index is 1.56. The monoisotopic (exact) mass is 343 g/mol. The molecule has 0 aromatic rings. The minimum Gasteiger partial charge on any atom is -0.359 e. The van der Waals surface area contributed by atoms with Crippen molar-refractivity contribution in [2.75, 3.05) is 13.9 Å². The van der Waals surface area contributed by atoms with Crippen molar-refractivity contribution in [3.63, 3.8) is 0 Å². The van der Waals surface area contributed by atoms with Crippen molar-refractivity contribution in [3.8, 4) is 6.07 Å². The lowest BCUT2D eigenvalue weighted by Gasteiger charge is -2.57. The van der Waals surface area contributed by atoms with E-state index in [0.29, 0.717) is 18.3 Å². The molecule has 0 aliphatic heterocycles. The number of allylic oxidation sites excluding steroid dienone is 1. The lowest BCUT2D eigenvalue weighted by Crippen LogP contribution is -2.50. The Bertz CT molecular complexity index is 593. The van der Waals surface area contributed by atoms with E-state index in [2.05, 4.69) is 26.0 Å². The van der Waals surface area contributed by atoms with Crippen LogP contribution in [0.2, 0.25) is 0 Å². The second-order valence-electron chi connectivity index (χ2n) is 9.50. The van der Waals surface area contributed by atoms with E-state index in [1.807, 2.05) is 0 Å². The molecule has 0 N–H and O–H groups in total. The summed E-state index contributed by atoms with van der Waals surface area (Å²) >= 11 is 0. The molecule has 3 fully saturated rings. The average Bonchev–Trinajstić information content (AvgIpc) is 2.96. The Hall–Kier alpha value is -0.850. The van der Waals surface area contributed by atoms with E-state index < -0.39 is 0 Å². The highest BCUT2D eigenvalue weighted by Gasteiger charge is 2.58. The van der Waals surface area contributed by atoms with E-state index in [-0.39, 0.29) is 11.3 Å². The van der Waals surface area contributed by atoms with Gasteiger partial charge in [-0.15, -0.1) is 0 Å². The van der Waals surface area contributed by atoms with Crippen LogP contribution in [0.15, 0.2) is 11.6 Å². The van der Waals surface area contributed by atoms with E-state index in [1.165, 1.54) is 32.1 Å². The fourth-order valence-corrected chi connectivity index (χ4v) is 7.15. The van der Waals surface area contributed by atoms with Crippen molar-refractivity contribution in [1.82, 2.24) is 0 Å². The quantitative estimate of drug-likeness (QED) is 0.530. The van der Waals surface area contributed by atoms with Crippen LogP contribution in [0.5, 0.6) is 0 Å². The second kappa shape index (κ2) is 6.39. The van der Waals surface area contributed by atoms with Gasteiger partial charge in [-0.05, 0) is 80.0 Å². The fraction of sp³-hybridized carbons (Fsp3) is 0.864. The molecule has 0 bridgehead atoms. The van der Waals surface area contributed by atoms with Gasteiger partial charge in [-0.3, -0.25) is 0 Å². The van der Waals surface area contributed by atoms with Gasteiger partial charge in [0.1, 0.15) is 6.79 Å². The van der Waals surface area contributed by atoms with Crippen molar-refractivity contribution in [3.05, 3.63) is 11.6 Å². The Morgan fingerprint density at radius 2 is 2.00 bits per heavy atom. The van der Waals surface area contributed by atoms with Crippen molar-refractivity contribution >= 4 is 0 Å². The number of nitriles is 1. The molecule has 25 heavy (non-hydrogen) atoms. The SMILES string of the molecule is COCO[C@@H]1CC[C@@]2(C)C(=CC[C@@H]3[C@@H]2CC[C@]2(C)C(C#N)CC[C@@H]32)C1. The van der Waals surface area contributed by atoms with Gasteiger partial charge in [0.2, 0.25) is 0 Å². The molecule has 4 rings (SSSR count). The van der Waals surface area contributed by atoms with Crippen LogP contribution in [0.25, 0.3) is 0 Å². The Kier molecular flexibility index (Phi) is 4.49. The van der Waals surface area contributed by atoms with Crippen molar-refractivity contribution < 1.29 is 9.47 Å². The van der Waals surface area contributed by atoms with E-state index >= 15 is 0 Å². The first kappa shape index (κ1) is 17.6. The molecule has 0 heterocycles. The highest BCUT2D eigenvalue weighted by molar-refractivity contribution is 5.26. The Morgan fingerprint density at radius 1 is 1.16 bits per heavy atom. The third kappa shape index (κ3) is 2.60. The molecule has 0 spiro atoms. The van der Waals surface area contributed by atoms with Crippen molar-refractivity contribution in [2.45, 2.75) is 71.3 Å². The average molecular weight is 344 g/mol. The van der Waals surface area contributed by atoms with Gasteiger partial charge >= 0.3 is 0 Å². The van der Waals surface area contributed by atoms with Crippen molar-refractivity contribution in [2.24, 2.45) is 34.5 Å². The van der Waals surface area contributed by atoms with Crippen LogP contribution in [0.3, 0.4) is 0 Å². The normalized spacial score (nSPS) is 48.7. The zero-order valence-corrected chi connectivity index (χ0v) is 16.1. The maximum absolute atomic E-state index is 9.62. The standard InChI is InChI=1S/C22H33NO2/c1-21-10-8-17(25-14-24-3)12-15(21)4-6-18-19-7-5-16(13-23)22(19,2)11-9-20(18)21/h4,16-20H,5-12,14H2,1-3H3/t16?,17-,18+,19+,20+,21+,22-/m1/s1. The van der Waals surface area contributed by atoms with Crippen LogP contribution >= 0.6 is 0 Å². The van der Waals surface area contributed by atoms with Crippen LogP contribution in [0, 0.1) is 45.8 Å². The first-order chi connectivity index (χ1) is 12.0. The molecule has 4 aliphatic carbocycles. The first-order valence-corrected chi connectivity index (χ1v) is 10.2. The summed E-state index contributed by atoms with van der Waals surface area (Å²) in [6.45, 7) is 5.37. The zero-order chi connectivity index (χ0) is 17.7. The molecule has 7 atom stereocenters. The number of hydrogen-bond acceptors (Lipinski definition) is 3. The third-order valence-electron chi connectivity index (χ3n) is 8.64. The Morgan fingerprint density at radius 3 is 2.76 bits per heavy atom. The summed E-state index contributed by atoms with van der Waals surface area (Å²) in [7, 11) is 1.70. The highest BCUT2D eigenvalue weighted by atomic mass is 16.7. The van der Waals surface area contributed by atoms with E-state index in [4.69, 9.17) is 9.47 Å². The van der Waals surface area contributed by atoms with Crippen LogP contribution in [-0.2, 0) is 9.47 Å². The molecule has 138 valence electrons. The first-order valence-electron chi connectivity index (χ1n) is 10.2. The predicted molar refractivity (Wildman–Crippen MR) is 97.6 cm³/mol. The van der Waals surface area contributed by atoms with Crippen LogP contribution < -0.4 is 0 Å². The number of nitrogens with zero attached hydrogens (tertiary/aromatic N) is 1. The largest absolute Gasteiger partial charge is 0.359 e. The molecule has 4 aliphatic rings. The molecular formula is C22H33NO2. The molecule has 3 saturated carbocycles. The smallest absolute Gasteiger partial charge is 0.146 e. The van der Waals surface area contributed by atoms with Crippen LogP contribution in [0.4, 0.5) is 0 Å². The molecule has 1 unspecified atom stereocenters. The van der Waals surface area contributed by atoms with Crippen LogP contribution in [0.1, 0.15) is 65.2 Å². The third-order valence-corrected chi connectivity index (χ3v) is 8.64. The van der Waals surface area contributed by atoms with Gasteiger partial charge < -0.3 is 9.47 Å². The maximum atomic E-state index is 9.62. The zero-order valence-electron chi connectivity index (χ0n) is 16.1. The second-order valence-corrected chi connectivity index (χ2v) is 9.50. The van der Waals surface area contributed by atoms with Gasteiger partial charge in [-0.25, -0.2) is 0 Å². The fourth-order valence-electron chi connectivity index (χ4n) is 7.15. The maximum Gasteiger partial charge on any atom is 0.146 e. The van der Waals surface area contributed by atoms with Gasteiger partial charge in [0.25, 0.3) is 0 Å². The summed E-state index contributed by atoms with van der Waals surface area (Å²) in [6.07, 6.45) is 12.6. The molecule has 0 aromatic carbocycles. The summed E-state index contributed by atoms with van der Waals surface area (Å²) in [5, 5.41) is 9.62. The number of fused-ring (bicyclic) bond motifs is 5. The van der Waals surface area contributed by atoms with Gasteiger partial charge in [0.15, 0.2) is 0 Å². The number of hydrogen-bond donors (Lipinski definition) is 0. The molecule has 0 saturated heterocycles. The molecular weight excluding hydrogens is 310 g/mol. The summed E-state index contributed by atoms with van der Waals surface area (Å²) in [5.41, 5.74) is 2.29. The number of rotatable bonds is 3. The van der Waals surface area contributed by atoms with Gasteiger partial charge in [0, 0.05) is 7.11 Å². The molecule has 0 amide bonds. The number of ether oxygens (including phenoxy) is 2. The lowest BCUT2D eigenvalue weighted by atomic mass is 9.47. The van der Waals surface area contributed by atoms with Gasteiger partial charge in [0.05, 0.1) is 18.1 Å². The molecule has 0 radical (unpaired) electrons. The molecule has 3 heteroatoms.